The van der Waals surface area contributed by atoms with Gasteiger partial charge in [-0.3, -0.25) is 0 Å². The second-order valence-electron chi connectivity index (χ2n) is 37.9. The van der Waals surface area contributed by atoms with Crippen molar-refractivity contribution in [2.75, 3.05) is 0 Å². The maximum absolute atomic E-state index is 6.18. The molecule has 0 aliphatic rings. The van der Waals surface area contributed by atoms with Crippen LogP contribution in [0.25, 0.3) is 219 Å². The minimum absolute atomic E-state index is 0.430. The van der Waals surface area contributed by atoms with Crippen LogP contribution in [0.2, 0.25) is 0 Å². The van der Waals surface area contributed by atoms with Crippen molar-refractivity contribution in [1.29, 1.82) is 0 Å². The van der Waals surface area contributed by atoms with Gasteiger partial charge in [-0.2, -0.15) is 0 Å². The fourth-order valence-electron chi connectivity index (χ4n) is 21.4. The topological polar surface area (TPSA) is 32.9 Å². The van der Waals surface area contributed by atoms with E-state index in [1.54, 1.807) is 0 Å². The third kappa shape index (κ3) is 14.6. The molecule has 0 saturated heterocycles. The Bertz CT molecular complexity index is 8820. The van der Waals surface area contributed by atoms with E-state index in [1.165, 1.54) is 219 Å². The normalized spacial score (nSPS) is 12.0. The first-order chi connectivity index (χ1) is 66.1. The molecule has 652 valence electrons. The number of benzene rings is 19. The largest absolute Gasteiger partial charge is 0.456 e. The molecule has 19 aromatic carbocycles. The molecule has 0 spiro atoms. The second kappa shape index (κ2) is 34.5. The Morgan fingerprint density at radius 3 is 1.14 bits per heavy atom. The summed E-state index contributed by atoms with van der Waals surface area (Å²) in [6.45, 7) is 22.9. The van der Waals surface area contributed by atoms with Crippen molar-refractivity contribution >= 4 is 141 Å². The summed E-state index contributed by atoms with van der Waals surface area (Å²) in [6, 6.07) is 154. The lowest BCUT2D eigenvalue weighted by Crippen LogP contribution is -1.98. The van der Waals surface area contributed by atoms with Crippen molar-refractivity contribution < 1.29 is 4.42 Å². The lowest BCUT2D eigenvalue weighted by atomic mass is 9.92. The molecule has 25 aromatic rings. The van der Waals surface area contributed by atoms with E-state index in [-0.39, 0.29) is 0 Å². The van der Waals surface area contributed by atoms with E-state index < -0.39 is 0 Å². The van der Waals surface area contributed by atoms with Crippen molar-refractivity contribution in [1.82, 2.24) is 18.3 Å². The highest BCUT2D eigenvalue weighted by Gasteiger charge is 2.26. The maximum Gasteiger partial charge on any atom is 0.136 e. The SMILES string of the molecule is CC(C)c1ccc2c(c1)c1c(C(C)C)cccc1n2-c1ccccc1-c1ccc(-c2ccc3sc4ccccc4c3c2)cc1.CC(C)c1ccc2c3ccccc3n(-c3ccccc3-c3ccc(-c4cccc5c4c4ccccc4n5-c4ccccc4)cc3)c2c1.CC(C)c1cccc2c1c1c(C(C)C)cccc1n2-c1ccccc1-c1ccc(-c2ccc3c(c2)oc2ccccc23)cc1. The lowest BCUT2D eigenvalue weighted by molar-refractivity contribution is 0.669. The number of nitrogens with zero attached hydrogens (tertiary/aromatic N) is 4. The Kier molecular flexibility index (Phi) is 21.4. The van der Waals surface area contributed by atoms with Crippen LogP contribution in [0.15, 0.2) is 423 Å². The van der Waals surface area contributed by atoms with Gasteiger partial charge in [0.05, 0.1) is 61.2 Å². The van der Waals surface area contributed by atoms with Gasteiger partial charge in [0.1, 0.15) is 11.2 Å². The zero-order valence-corrected chi connectivity index (χ0v) is 78.6. The molecule has 5 nitrogen and oxygen atoms in total. The highest BCUT2D eigenvalue weighted by Crippen LogP contribution is 2.48. The quantitative estimate of drug-likeness (QED) is 0.101. The molecular formula is C129H104N4OS. The third-order valence-corrected chi connectivity index (χ3v) is 29.2. The summed E-state index contributed by atoms with van der Waals surface area (Å²) < 4.78 is 18.7. The summed E-state index contributed by atoms with van der Waals surface area (Å²) in [5, 5.41) is 15.6. The molecule has 6 heterocycles. The predicted molar refractivity (Wildman–Crippen MR) is 580 cm³/mol. The summed E-state index contributed by atoms with van der Waals surface area (Å²) in [6.07, 6.45) is 0. The van der Waals surface area contributed by atoms with E-state index in [0.29, 0.717) is 29.6 Å². The van der Waals surface area contributed by atoms with Crippen LogP contribution < -0.4 is 0 Å². The molecule has 0 aliphatic heterocycles. The van der Waals surface area contributed by atoms with Gasteiger partial charge in [-0.15, -0.1) is 11.3 Å². The van der Waals surface area contributed by atoms with Crippen LogP contribution in [0, 0.1) is 0 Å². The number of aromatic nitrogens is 4. The number of fused-ring (bicyclic) bond motifs is 18. The van der Waals surface area contributed by atoms with E-state index in [0.717, 1.165) is 27.5 Å². The predicted octanol–water partition coefficient (Wildman–Crippen LogP) is 37.3. The fourth-order valence-corrected chi connectivity index (χ4v) is 22.5. The summed E-state index contributed by atoms with van der Waals surface area (Å²) in [5.41, 5.74) is 38.2. The van der Waals surface area contributed by atoms with E-state index in [4.69, 9.17) is 4.42 Å². The van der Waals surface area contributed by atoms with Crippen LogP contribution in [-0.2, 0) is 0 Å². The van der Waals surface area contributed by atoms with Crippen LogP contribution >= 0.6 is 11.3 Å². The number of rotatable bonds is 15. The molecular weight excluding hydrogens is 1650 g/mol. The molecule has 0 radical (unpaired) electrons. The van der Waals surface area contributed by atoms with Gasteiger partial charge < -0.3 is 22.7 Å². The standard InChI is InChI=1S/C45H34N2.C42H35NO.C42H35NS/c1-30(2)33-27-28-38-37-16-7-10-20-41(37)47(44(38)29-33)40-19-9-6-15-35(40)31-23-25-32(26-24-31)36-18-12-22-43-45(36)39-17-8-11-21-42(39)46(43)34-13-4-3-5-14-34;1-26(2)31-13-9-16-37-41(31)42-32(27(3)4)14-10-17-38(42)43(37)36-15-7-5-11-33(36)29-21-19-28(20-22-29)30-23-24-35-34-12-6-8-18-39(34)44-40(35)25-30;1-26(2)30-20-22-38-36(24-30)42-32(27(3)4)12-9-14-39(42)43(38)37-13-7-5-10-33(37)29-18-16-28(17-19-29)31-21-23-41-35(25-31)34-11-6-8-15-40(34)44-41/h3-30H,1-2H3;2*5-27H,1-4H3. The van der Waals surface area contributed by atoms with Crippen molar-refractivity contribution in [2.24, 2.45) is 0 Å². The summed E-state index contributed by atoms with van der Waals surface area (Å²) in [7, 11) is 0. The van der Waals surface area contributed by atoms with Crippen LogP contribution in [0.4, 0.5) is 0 Å². The van der Waals surface area contributed by atoms with E-state index in [9.17, 15) is 0 Å². The van der Waals surface area contributed by atoms with Gasteiger partial charge in [0.25, 0.3) is 0 Å². The average molecular weight is 1760 g/mol. The highest BCUT2D eigenvalue weighted by molar-refractivity contribution is 7.25. The third-order valence-electron chi connectivity index (χ3n) is 28.1. The second-order valence-corrected chi connectivity index (χ2v) is 38.9. The van der Waals surface area contributed by atoms with Crippen molar-refractivity contribution in [3.8, 4) is 89.5 Å². The first-order valence-corrected chi connectivity index (χ1v) is 48.6. The number of thiophene rings is 1. The van der Waals surface area contributed by atoms with Crippen molar-refractivity contribution in [3.63, 3.8) is 0 Å². The molecule has 0 saturated carbocycles. The Balaban J connectivity index is 0.000000114. The minimum Gasteiger partial charge on any atom is -0.456 e. The molecule has 0 amide bonds. The molecule has 6 heteroatoms. The Morgan fingerprint density at radius 2 is 0.563 bits per heavy atom. The number of hydrogen-bond donors (Lipinski definition) is 0. The highest BCUT2D eigenvalue weighted by atomic mass is 32.1. The molecule has 0 fully saturated rings. The first-order valence-electron chi connectivity index (χ1n) is 47.8. The Labute approximate surface area is 792 Å². The van der Waals surface area contributed by atoms with Gasteiger partial charge in [0, 0.05) is 96.4 Å². The van der Waals surface area contributed by atoms with Gasteiger partial charge in [-0.1, -0.05) is 366 Å². The summed E-state index contributed by atoms with van der Waals surface area (Å²) in [4.78, 5) is 0. The molecule has 25 rings (SSSR count). The molecule has 6 aromatic heterocycles. The smallest absolute Gasteiger partial charge is 0.136 e. The maximum atomic E-state index is 6.18. The van der Waals surface area contributed by atoms with Crippen LogP contribution in [0.5, 0.6) is 0 Å². The monoisotopic (exact) mass is 1760 g/mol. The molecule has 0 atom stereocenters. The van der Waals surface area contributed by atoms with Crippen molar-refractivity contribution in [3.05, 3.63) is 446 Å². The molecule has 135 heavy (non-hydrogen) atoms. The number of hydrogen-bond acceptors (Lipinski definition) is 2. The van der Waals surface area contributed by atoms with Crippen LogP contribution in [-0.4, -0.2) is 18.3 Å². The molecule has 0 aliphatic carbocycles. The molecule has 0 bridgehead atoms. The van der Waals surface area contributed by atoms with Gasteiger partial charge in [-0.05, 0) is 229 Å². The van der Waals surface area contributed by atoms with Crippen molar-refractivity contribution in [2.45, 2.75) is 98.8 Å². The summed E-state index contributed by atoms with van der Waals surface area (Å²) in [5.74, 6) is 2.24. The minimum atomic E-state index is 0.430. The first kappa shape index (κ1) is 83.7. The number of furan rings is 1. The van der Waals surface area contributed by atoms with E-state index in [2.05, 4.69) is 494 Å². The number of para-hydroxylation sites is 7. The zero-order valence-electron chi connectivity index (χ0n) is 77.8. The molecule has 0 unspecified atom stereocenters. The van der Waals surface area contributed by atoms with E-state index >= 15 is 0 Å². The van der Waals surface area contributed by atoms with Crippen LogP contribution in [0.1, 0.15) is 127 Å². The molecule has 0 N–H and O–H groups in total. The van der Waals surface area contributed by atoms with Gasteiger partial charge in [-0.25, -0.2) is 0 Å². The van der Waals surface area contributed by atoms with Gasteiger partial charge in [0.2, 0.25) is 0 Å². The van der Waals surface area contributed by atoms with E-state index in [1.807, 2.05) is 23.5 Å². The lowest BCUT2D eigenvalue weighted by Gasteiger charge is -2.15. The fraction of sp³-hybridized carbons (Fsp3) is 0.116. The van der Waals surface area contributed by atoms with Crippen LogP contribution in [0.3, 0.4) is 0 Å². The Hall–Kier alpha value is -15.6. The summed E-state index contributed by atoms with van der Waals surface area (Å²) >= 11 is 1.87. The van der Waals surface area contributed by atoms with Gasteiger partial charge >= 0.3 is 0 Å². The Morgan fingerprint density at radius 1 is 0.193 bits per heavy atom. The zero-order chi connectivity index (χ0) is 91.4. The average Bonchev–Trinajstić information content (AvgIpc) is 1.57. The van der Waals surface area contributed by atoms with Gasteiger partial charge in [0.15, 0.2) is 0 Å².